The maximum atomic E-state index is 10.5. The molecule has 0 aliphatic heterocycles. The molecular formula is C5H11O5P. The van der Waals surface area contributed by atoms with E-state index in [1.165, 1.54) is 0 Å². The standard InChI is InChI=1S/C5H11O5P/c1-4(6)3-5(2,7)11(8,9)10/h7H,3H2,1-2H3,(H2,8,9,10). The Kier molecular flexibility index (Phi) is 2.97. The Morgan fingerprint density at radius 3 is 2.00 bits per heavy atom. The molecule has 0 spiro atoms. The Bertz CT molecular complexity index is 203. The molecule has 0 aliphatic carbocycles. The minimum absolute atomic E-state index is 0.460. The molecule has 0 fully saturated rings. The van der Waals surface area contributed by atoms with Crippen molar-refractivity contribution in [2.75, 3.05) is 0 Å². The van der Waals surface area contributed by atoms with Crippen LogP contribution in [0.4, 0.5) is 0 Å². The summed E-state index contributed by atoms with van der Waals surface area (Å²) in [5.41, 5.74) is 0. The molecular weight excluding hydrogens is 171 g/mol. The van der Waals surface area contributed by atoms with E-state index >= 15 is 0 Å². The van der Waals surface area contributed by atoms with E-state index in [0.717, 1.165) is 13.8 Å². The minimum atomic E-state index is -4.59. The first-order chi connectivity index (χ1) is 4.67. The van der Waals surface area contributed by atoms with Crippen LogP contribution in [-0.2, 0) is 9.36 Å². The van der Waals surface area contributed by atoms with Gasteiger partial charge in [-0.15, -0.1) is 0 Å². The molecule has 1 unspecified atom stereocenters. The summed E-state index contributed by atoms with van der Waals surface area (Å²) in [7, 11) is -4.59. The first kappa shape index (κ1) is 10.8. The summed E-state index contributed by atoms with van der Waals surface area (Å²) in [6.45, 7) is 2.10. The highest BCUT2D eigenvalue weighted by molar-refractivity contribution is 7.53. The van der Waals surface area contributed by atoms with Crippen LogP contribution in [-0.4, -0.2) is 26.0 Å². The van der Waals surface area contributed by atoms with Gasteiger partial charge in [-0.3, -0.25) is 9.36 Å². The van der Waals surface area contributed by atoms with Gasteiger partial charge in [0.05, 0.1) is 0 Å². The maximum Gasteiger partial charge on any atom is 0.356 e. The van der Waals surface area contributed by atoms with E-state index in [9.17, 15) is 9.36 Å². The molecule has 0 rings (SSSR count). The quantitative estimate of drug-likeness (QED) is 0.527. The third-order valence-corrected chi connectivity index (χ3v) is 2.62. The predicted octanol–water partition coefficient (Wildman–Crippen LogP) is -0.148. The Labute approximate surface area is 64.2 Å². The summed E-state index contributed by atoms with van der Waals surface area (Å²) in [6, 6.07) is 0. The number of carbonyl (C=O) groups is 1. The van der Waals surface area contributed by atoms with Crippen LogP contribution in [0.2, 0.25) is 0 Å². The van der Waals surface area contributed by atoms with Crippen molar-refractivity contribution in [1.82, 2.24) is 0 Å². The molecule has 0 bridgehead atoms. The van der Waals surface area contributed by atoms with Crippen molar-refractivity contribution in [1.29, 1.82) is 0 Å². The van der Waals surface area contributed by atoms with Crippen molar-refractivity contribution in [3.05, 3.63) is 0 Å². The van der Waals surface area contributed by atoms with E-state index < -0.39 is 25.1 Å². The number of carbonyl (C=O) groups excluding carboxylic acids is 1. The van der Waals surface area contributed by atoms with Gasteiger partial charge in [0.25, 0.3) is 0 Å². The second-order valence-corrected chi connectivity index (χ2v) is 4.69. The summed E-state index contributed by atoms with van der Waals surface area (Å²) in [4.78, 5) is 27.4. The summed E-state index contributed by atoms with van der Waals surface area (Å²) in [5.74, 6) is -0.460. The van der Waals surface area contributed by atoms with E-state index in [1.54, 1.807) is 0 Å². The fourth-order valence-corrected chi connectivity index (χ4v) is 1.00. The van der Waals surface area contributed by atoms with Crippen LogP contribution in [0.1, 0.15) is 20.3 Å². The zero-order valence-corrected chi connectivity index (χ0v) is 7.21. The smallest absolute Gasteiger partial charge is 0.356 e. The molecule has 0 aromatic carbocycles. The molecule has 0 aliphatic rings. The number of Topliss-reactive ketones (excluding diaryl/α,β-unsaturated/α-hetero) is 1. The van der Waals surface area contributed by atoms with E-state index in [0.29, 0.717) is 0 Å². The molecule has 1 atom stereocenters. The van der Waals surface area contributed by atoms with Crippen molar-refractivity contribution in [3.8, 4) is 0 Å². The van der Waals surface area contributed by atoms with Gasteiger partial charge >= 0.3 is 7.60 Å². The maximum absolute atomic E-state index is 10.5. The number of aliphatic hydroxyl groups is 1. The van der Waals surface area contributed by atoms with Gasteiger partial charge in [-0.25, -0.2) is 0 Å². The average molecular weight is 182 g/mol. The predicted molar refractivity (Wildman–Crippen MR) is 38.0 cm³/mol. The monoisotopic (exact) mass is 182 g/mol. The van der Waals surface area contributed by atoms with Crippen LogP contribution in [0, 0.1) is 0 Å². The molecule has 6 heteroatoms. The van der Waals surface area contributed by atoms with E-state index in [-0.39, 0.29) is 0 Å². The van der Waals surface area contributed by atoms with E-state index in [4.69, 9.17) is 14.9 Å². The second kappa shape index (κ2) is 3.03. The summed E-state index contributed by atoms with van der Waals surface area (Å²) in [5, 5.41) is 6.81. The number of hydrogen-bond acceptors (Lipinski definition) is 3. The third-order valence-electron chi connectivity index (χ3n) is 1.21. The Hall–Kier alpha value is -0.220. The molecule has 0 saturated heterocycles. The van der Waals surface area contributed by atoms with Gasteiger partial charge in [-0.1, -0.05) is 0 Å². The van der Waals surface area contributed by atoms with E-state index in [2.05, 4.69) is 0 Å². The Morgan fingerprint density at radius 1 is 1.55 bits per heavy atom. The van der Waals surface area contributed by atoms with Crippen LogP contribution in [0.15, 0.2) is 0 Å². The Morgan fingerprint density at radius 2 is 1.91 bits per heavy atom. The third kappa shape index (κ3) is 3.12. The molecule has 66 valence electrons. The van der Waals surface area contributed by atoms with E-state index in [1.807, 2.05) is 0 Å². The lowest BCUT2D eigenvalue weighted by atomic mass is 10.2. The normalized spacial score (nSPS) is 17.5. The van der Waals surface area contributed by atoms with Gasteiger partial charge < -0.3 is 14.9 Å². The molecule has 5 nitrogen and oxygen atoms in total. The largest absolute Gasteiger partial charge is 0.377 e. The molecule has 3 N–H and O–H groups in total. The van der Waals surface area contributed by atoms with Gasteiger partial charge in [-0.2, -0.15) is 0 Å². The van der Waals surface area contributed by atoms with Crippen LogP contribution in [0.5, 0.6) is 0 Å². The van der Waals surface area contributed by atoms with Crippen LogP contribution in [0.25, 0.3) is 0 Å². The average Bonchev–Trinajstić information content (AvgIpc) is 1.56. The number of hydrogen-bond donors (Lipinski definition) is 3. The fraction of sp³-hybridized carbons (Fsp3) is 0.800. The van der Waals surface area contributed by atoms with Gasteiger partial charge in [0, 0.05) is 6.42 Å². The van der Waals surface area contributed by atoms with Gasteiger partial charge in [0.15, 0.2) is 5.34 Å². The molecule has 11 heavy (non-hydrogen) atoms. The van der Waals surface area contributed by atoms with Crippen molar-refractivity contribution >= 4 is 13.4 Å². The first-order valence-electron chi connectivity index (χ1n) is 2.94. The van der Waals surface area contributed by atoms with Crippen LogP contribution >= 0.6 is 7.60 Å². The fourth-order valence-electron chi connectivity index (χ4n) is 0.575. The highest BCUT2D eigenvalue weighted by atomic mass is 31.2. The molecule has 0 amide bonds. The summed E-state index contributed by atoms with van der Waals surface area (Å²) in [6.07, 6.45) is -0.530. The molecule has 0 heterocycles. The molecule has 0 aromatic rings. The molecule has 0 aromatic heterocycles. The van der Waals surface area contributed by atoms with Gasteiger partial charge in [0.2, 0.25) is 0 Å². The van der Waals surface area contributed by atoms with Crippen molar-refractivity contribution in [2.24, 2.45) is 0 Å². The molecule has 0 radical (unpaired) electrons. The highest BCUT2D eigenvalue weighted by Crippen LogP contribution is 2.50. The van der Waals surface area contributed by atoms with Crippen molar-refractivity contribution in [3.63, 3.8) is 0 Å². The lowest BCUT2D eigenvalue weighted by Crippen LogP contribution is -2.26. The minimum Gasteiger partial charge on any atom is -0.377 e. The zero-order valence-electron chi connectivity index (χ0n) is 6.31. The second-order valence-electron chi connectivity index (χ2n) is 2.64. The van der Waals surface area contributed by atoms with Crippen molar-refractivity contribution in [2.45, 2.75) is 25.6 Å². The number of rotatable bonds is 3. The highest BCUT2D eigenvalue weighted by Gasteiger charge is 2.41. The lowest BCUT2D eigenvalue weighted by molar-refractivity contribution is -0.119. The summed E-state index contributed by atoms with van der Waals surface area (Å²) < 4.78 is 10.5. The van der Waals surface area contributed by atoms with Crippen LogP contribution in [0.3, 0.4) is 0 Å². The SMILES string of the molecule is CC(=O)CC(C)(O)P(=O)(O)O. The first-order valence-corrected chi connectivity index (χ1v) is 4.55. The zero-order chi connectivity index (χ0) is 9.28. The topological polar surface area (TPSA) is 94.8 Å². The molecule has 0 saturated carbocycles. The number of ketones is 1. The van der Waals surface area contributed by atoms with Gasteiger partial charge in [-0.05, 0) is 13.8 Å². The van der Waals surface area contributed by atoms with Crippen molar-refractivity contribution < 1.29 is 24.3 Å². The van der Waals surface area contributed by atoms with Crippen LogP contribution < -0.4 is 0 Å². The van der Waals surface area contributed by atoms with Gasteiger partial charge in [0.1, 0.15) is 5.78 Å². The summed E-state index contributed by atoms with van der Waals surface area (Å²) >= 11 is 0. The Balaban J connectivity index is 4.48. The lowest BCUT2D eigenvalue weighted by Gasteiger charge is -2.22.